The molecule has 2 fully saturated rings. The van der Waals surface area contributed by atoms with E-state index in [1.165, 1.54) is 0 Å². The van der Waals surface area contributed by atoms with E-state index in [-0.39, 0.29) is 24.8 Å². The summed E-state index contributed by atoms with van der Waals surface area (Å²) in [6, 6.07) is 0.0584. The lowest BCUT2D eigenvalue weighted by atomic mass is 9.73. The zero-order chi connectivity index (χ0) is 13.2. The fourth-order valence-electron chi connectivity index (χ4n) is 3.32. The highest BCUT2D eigenvalue weighted by Crippen LogP contribution is 2.41. The van der Waals surface area contributed by atoms with Crippen molar-refractivity contribution in [1.82, 2.24) is 0 Å². The first-order valence-corrected chi connectivity index (χ1v) is 6.88. The Morgan fingerprint density at radius 3 is 1.89 bits per heavy atom. The first-order valence-electron chi connectivity index (χ1n) is 6.88. The second-order valence-electron chi connectivity index (χ2n) is 5.68. The van der Waals surface area contributed by atoms with Crippen LogP contribution in [-0.4, -0.2) is 25.4 Å². The molecule has 1 aliphatic heterocycles. The van der Waals surface area contributed by atoms with Crippen LogP contribution in [0.15, 0.2) is 0 Å². The van der Waals surface area contributed by atoms with Gasteiger partial charge in [0.25, 0.3) is 0 Å². The van der Waals surface area contributed by atoms with Gasteiger partial charge in [-0.25, -0.2) is 0 Å². The minimum Gasteiger partial charge on any atom is -0.381 e. The van der Waals surface area contributed by atoms with Crippen LogP contribution in [0.5, 0.6) is 0 Å². The molecule has 106 valence electrons. The summed E-state index contributed by atoms with van der Waals surface area (Å²) in [6.07, 6.45) is -0.337. The third-order valence-corrected chi connectivity index (χ3v) is 4.59. The molecule has 1 unspecified atom stereocenters. The van der Waals surface area contributed by atoms with E-state index in [9.17, 15) is 13.2 Å². The standard InChI is InChI=1S/C13H22F3NO/c14-13(15,16)11-3-1-9(2-4-11)12(17)10-5-7-18-8-6-10/h9-12H,1-8,17H2. The van der Waals surface area contributed by atoms with Crippen molar-refractivity contribution in [1.29, 1.82) is 0 Å². The van der Waals surface area contributed by atoms with Gasteiger partial charge in [-0.1, -0.05) is 0 Å². The molecule has 1 aliphatic carbocycles. The molecule has 0 amide bonds. The van der Waals surface area contributed by atoms with Crippen LogP contribution in [0.25, 0.3) is 0 Å². The third kappa shape index (κ3) is 3.38. The molecule has 0 aromatic rings. The first-order chi connectivity index (χ1) is 8.48. The van der Waals surface area contributed by atoms with Gasteiger partial charge in [0.1, 0.15) is 0 Å². The summed E-state index contributed by atoms with van der Waals surface area (Å²) in [7, 11) is 0. The van der Waals surface area contributed by atoms with Crippen molar-refractivity contribution in [3.63, 3.8) is 0 Å². The van der Waals surface area contributed by atoms with E-state index in [1.807, 2.05) is 0 Å². The maximum absolute atomic E-state index is 12.6. The molecule has 1 heterocycles. The van der Waals surface area contributed by atoms with Crippen molar-refractivity contribution >= 4 is 0 Å². The number of ether oxygens (including phenoxy) is 1. The number of hydrogen-bond donors (Lipinski definition) is 1. The van der Waals surface area contributed by atoms with Gasteiger partial charge in [0, 0.05) is 19.3 Å². The number of halogens is 3. The summed E-state index contributed by atoms with van der Waals surface area (Å²) in [5, 5.41) is 0. The van der Waals surface area contributed by atoms with Crippen LogP contribution in [0.4, 0.5) is 13.2 Å². The van der Waals surface area contributed by atoms with Gasteiger partial charge < -0.3 is 10.5 Å². The zero-order valence-electron chi connectivity index (χ0n) is 10.6. The van der Waals surface area contributed by atoms with Gasteiger partial charge in [0.15, 0.2) is 0 Å². The maximum Gasteiger partial charge on any atom is 0.391 e. The highest BCUT2D eigenvalue weighted by molar-refractivity contribution is 4.86. The number of alkyl halides is 3. The monoisotopic (exact) mass is 265 g/mol. The van der Waals surface area contributed by atoms with Gasteiger partial charge in [-0.2, -0.15) is 13.2 Å². The minimum atomic E-state index is -4.02. The average Bonchev–Trinajstić information content (AvgIpc) is 2.38. The summed E-state index contributed by atoms with van der Waals surface area (Å²) in [5.41, 5.74) is 6.24. The summed E-state index contributed by atoms with van der Waals surface area (Å²) in [4.78, 5) is 0. The Hall–Kier alpha value is -0.290. The topological polar surface area (TPSA) is 35.2 Å². The molecule has 2 N–H and O–H groups in total. The molecule has 5 heteroatoms. The number of nitrogens with two attached hydrogens (primary N) is 1. The van der Waals surface area contributed by atoms with E-state index in [4.69, 9.17) is 10.5 Å². The highest BCUT2D eigenvalue weighted by Gasteiger charge is 2.42. The van der Waals surface area contributed by atoms with Gasteiger partial charge in [-0.15, -0.1) is 0 Å². The number of rotatable bonds is 2. The first kappa shape index (κ1) is 14.1. The van der Waals surface area contributed by atoms with Crippen molar-refractivity contribution in [3.05, 3.63) is 0 Å². The molecule has 0 aromatic carbocycles. The Kier molecular flexibility index (Phi) is 4.54. The van der Waals surface area contributed by atoms with Crippen molar-refractivity contribution < 1.29 is 17.9 Å². The molecule has 1 saturated heterocycles. The molecular weight excluding hydrogens is 243 g/mol. The molecule has 0 radical (unpaired) electrons. The normalized spacial score (nSPS) is 33.3. The third-order valence-electron chi connectivity index (χ3n) is 4.59. The fraction of sp³-hybridized carbons (Fsp3) is 1.00. The Morgan fingerprint density at radius 1 is 0.889 bits per heavy atom. The molecule has 0 bridgehead atoms. The molecule has 18 heavy (non-hydrogen) atoms. The van der Waals surface area contributed by atoms with Crippen LogP contribution in [-0.2, 0) is 4.74 Å². The highest BCUT2D eigenvalue weighted by atomic mass is 19.4. The molecule has 1 saturated carbocycles. The van der Waals surface area contributed by atoms with Crippen LogP contribution < -0.4 is 5.73 Å². The fourth-order valence-corrected chi connectivity index (χ4v) is 3.32. The minimum absolute atomic E-state index is 0.0584. The zero-order valence-corrected chi connectivity index (χ0v) is 10.6. The van der Waals surface area contributed by atoms with E-state index in [0.717, 1.165) is 26.1 Å². The molecular formula is C13H22F3NO. The second kappa shape index (κ2) is 5.78. The molecule has 1 atom stereocenters. The molecule has 0 aromatic heterocycles. The predicted molar refractivity (Wildman–Crippen MR) is 63.0 cm³/mol. The van der Waals surface area contributed by atoms with Gasteiger partial charge in [0.05, 0.1) is 5.92 Å². The Morgan fingerprint density at radius 2 is 1.39 bits per heavy atom. The quantitative estimate of drug-likeness (QED) is 0.832. The van der Waals surface area contributed by atoms with E-state index in [2.05, 4.69) is 0 Å². The molecule has 2 aliphatic rings. The summed E-state index contributed by atoms with van der Waals surface area (Å²) < 4.78 is 43.0. The van der Waals surface area contributed by atoms with E-state index < -0.39 is 12.1 Å². The van der Waals surface area contributed by atoms with Crippen molar-refractivity contribution in [2.24, 2.45) is 23.5 Å². The smallest absolute Gasteiger partial charge is 0.381 e. The Bertz CT molecular complexity index is 255. The summed E-state index contributed by atoms with van der Waals surface area (Å²) in [6.45, 7) is 1.49. The van der Waals surface area contributed by atoms with Crippen molar-refractivity contribution in [2.75, 3.05) is 13.2 Å². The van der Waals surface area contributed by atoms with Gasteiger partial charge in [-0.3, -0.25) is 0 Å². The van der Waals surface area contributed by atoms with Crippen LogP contribution in [0.3, 0.4) is 0 Å². The van der Waals surface area contributed by atoms with Crippen molar-refractivity contribution in [3.8, 4) is 0 Å². The summed E-state index contributed by atoms with van der Waals surface area (Å²) in [5.74, 6) is -0.395. The molecule has 0 spiro atoms. The maximum atomic E-state index is 12.6. The van der Waals surface area contributed by atoms with Gasteiger partial charge in [-0.05, 0) is 50.4 Å². The van der Waals surface area contributed by atoms with Crippen molar-refractivity contribution in [2.45, 2.75) is 50.7 Å². The van der Waals surface area contributed by atoms with Crippen LogP contribution in [0, 0.1) is 17.8 Å². The Labute approximate surface area is 106 Å². The van der Waals surface area contributed by atoms with E-state index in [0.29, 0.717) is 18.8 Å². The van der Waals surface area contributed by atoms with Crippen LogP contribution in [0.2, 0.25) is 0 Å². The second-order valence-corrected chi connectivity index (χ2v) is 5.68. The lowest BCUT2D eigenvalue weighted by Gasteiger charge is -2.37. The number of hydrogen-bond acceptors (Lipinski definition) is 2. The van der Waals surface area contributed by atoms with Gasteiger partial charge >= 0.3 is 6.18 Å². The predicted octanol–water partition coefficient (Wildman–Crippen LogP) is 3.11. The largest absolute Gasteiger partial charge is 0.391 e. The summed E-state index contributed by atoms with van der Waals surface area (Å²) >= 11 is 0. The van der Waals surface area contributed by atoms with Crippen LogP contribution >= 0.6 is 0 Å². The molecule has 2 nitrogen and oxygen atoms in total. The SMILES string of the molecule is NC(C1CCOCC1)C1CCC(C(F)(F)F)CC1. The van der Waals surface area contributed by atoms with E-state index in [1.54, 1.807) is 0 Å². The van der Waals surface area contributed by atoms with Gasteiger partial charge in [0.2, 0.25) is 0 Å². The Balaban J connectivity index is 1.81. The van der Waals surface area contributed by atoms with Crippen LogP contribution in [0.1, 0.15) is 38.5 Å². The average molecular weight is 265 g/mol. The molecule has 2 rings (SSSR count). The lowest BCUT2D eigenvalue weighted by Crippen LogP contribution is -2.42. The lowest BCUT2D eigenvalue weighted by molar-refractivity contribution is -0.184. The van der Waals surface area contributed by atoms with E-state index >= 15 is 0 Å².